The second-order valence-corrected chi connectivity index (χ2v) is 9.99. The van der Waals surface area contributed by atoms with E-state index in [4.69, 9.17) is 14.2 Å². The summed E-state index contributed by atoms with van der Waals surface area (Å²) in [5.41, 5.74) is 2.58. The molecule has 31 heavy (non-hydrogen) atoms. The van der Waals surface area contributed by atoms with E-state index in [1.807, 2.05) is 13.8 Å². The van der Waals surface area contributed by atoms with E-state index in [1.165, 1.54) is 11.1 Å². The van der Waals surface area contributed by atoms with Crippen LogP contribution in [0.3, 0.4) is 0 Å². The SMILES string of the molecule is COc1cc2c(cc1OC)[C@H]1C[C@@H](OC(=O)C(NP)C(C)C)[C@H](CC(C)C)CN1CC2. The van der Waals surface area contributed by atoms with Gasteiger partial charge in [0.25, 0.3) is 0 Å². The lowest BCUT2D eigenvalue weighted by Gasteiger charge is -2.47. The maximum absolute atomic E-state index is 13.0. The molecule has 1 fully saturated rings. The van der Waals surface area contributed by atoms with Crippen LogP contribution in [0.5, 0.6) is 11.5 Å². The molecule has 6 nitrogen and oxygen atoms in total. The molecular weight excluding hydrogens is 411 g/mol. The van der Waals surface area contributed by atoms with E-state index in [0.29, 0.717) is 11.8 Å². The van der Waals surface area contributed by atoms with Crippen LogP contribution in [0.2, 0.25) is 0 Å². The van der Waals surface area contributed by atoms with Gasteiger partial charge in [0.2, 0.25) is 0 Å². The molecule has 7 heteroatoms. The highest BCUT2D eigenvalue weighted by molar-refractivity contribution is 7.13. The molecule has 0 spiro atoms. The third-order valence-corrected chi connectivity index (χ3v) is 7.06. The van der Waals surface area contributed by atoms with E-state index in [0.717, 1.165) is 43.9 Å². The van der Waals surface area contributed by atoms with Gasteiger partial charge >= 0.3 is 5.97 Å². The molecular formula is C24H39N2O4P. The second kappa shape index (κ2) is 10.5. The van der Waals surface area contributed by atoms with Crippen LogP contribution in [0.25, 0.3) is 0 Å². The Labute approximate surface area is 189 Å². The third kappa shape index (κ3) is 5.35. The summed E-state index contributed by atoms with van der Waals surface area (Å²) < 4.78 is 17.3. The van der Waals surface area contributed by atoms with Crippen LogP contribution >= 0.6 is 9.39 Å². The number of fused-ring (bicyclic) bond motifs is 3. The Morgan fingerprint density at radius 3 is 2.45 bits per heavy atom. The van der Waals surface area contributed by atoms with E-state index < -0.39 is 0 Å². The summed E-state index contributed by atoms with van der Waals surface area (Å²) in [6.07, 6.45) is 2.78. The summed E-state index contributed by atoms with van der Waals surface area (Å²) in [5.74, 6) is 2.45. The third-order valence-electron chi connectivity index (χ3n) is 6.71. The smallest absolute Gasteiger partial charge is 0.323 e. The van der Waals surface area contributed by atoms with E-state index in [-0.39, 0.29) is 30.1 Å². The van der Waals surface area contributed by atoms with Gasteiger partial charge in [-0.3, -0.25) is 14.8 Å². The first-order valence-electron chi connectivity index (χ1n) is 11.4. The number of methoxy groups -OCH3 is 2. The quantitative estimate of drug-likeness (QED) is 0.478. The molecule has 0 saturated carbocycles. The number of benzene rings is 1. The second-order valence-electron chi connectivity index (χ2n) is 9.66. The Hall–Kier alpha value is -1.36. The van der Waals surface area contributed by atoms with E-state index >= 15 is 0 Å². The molecule has 0 aliphatic carbocycles. The van der Waals surface area contributed by atoms with Gasteiger partial charge in [-0.1, -0.05) is 37.1 Å². The molecule has 0 aromatic heterocycles. The van der Waals surface area contributed by atoms with Crippen molar-refractivity contribution in [1.82, 2.24) is 9.99 Å². The fourth-order valence-corrected chi connectivity index (χ4v) is 5.66. The maximum atomic E-state index is 13.0. The van der Waals surface area contributed by atoms with Crippen LogP contribution in [0.1, 0.15) is 57.7 Å². The van der Waals surface area contributed by atoms with Crippen LogP contribution in [0.15, 0.2) is 12.1 Å². The number of piperidine rings is 1. The zero-order valence-electron chi connectivity index (χ0n) is 19.8. The minimum atomic E-state index is -0.314. The van der Waals surface area contributed by atoms with Gasteiger partial charge in [0, 0.05) is 31.5 Å². The summed E-state index contributed by atoms with van der Waals surface area (Å²) in [6.45, 7) is 10.5. The van der Waals surface area contributed by atoms with Crippen molar-refractivity contribution in [2.24, 2.45) is 17.8 Å². The first-order valence-corrected chi connectivity index (χ1v) is 12.0. The number of nitrogens with one attached hydrogen (secondary N) is 1. The number of rotatable bonds is 8. The Morgan fingerprint density at radius 2 is 1.87 bits per heavy atom. The van der Waals surface area contributed by atoms with Crippen LogP contribution in [-0.4, -0.2) is 50.3 Å². The molecule has 1 aromatic rings. The molecule has 2 heterocycles. The molecule has 2 unspecified atom stereocenters. The first kappa shape index (κ1) is 24.3. The number of ether oxygens (including phenoxy) is 3. The standard InChI is InChI=1S/C24H39N2O4P/c1-14(2)9-17-13-26-8-7-16-10-21(28-5)22(29-6)11-18(16)19(26)12-20(17)30-24(27)23(25-31)15(3)4/h10-11,14-15,17,19-20,23,25H,7-9,12-13,31H2,1-6H3/t17-,19-,20-,23?/m1/s1. The van der Waals surface area contributed by atoms with Gasteiger partial charge in [-0.2, -0.15) is 0 Å². The van der Waals surface area contributed by atoms with Crippen molar-refractivity contribution in [2.45, 2.75) is 65.1 Å². The van der Waals surface area contributed by atoms with Gasteiger partial charge in [0.15, 0.2) is 11.5 Å². The normalized spacial score (nSPS) is 24.5. The van der Waals surface area contributed by atoms with Crippen LogP contribution in [-0.2, 0) is 16.0 Å². The minimum absolute atomic E-state index is 0.0882. The maximum Gasteiger partial charge on any atom is 0.323 e. The lowest BCUT2D eigenvalue weighted by molar-refractivity contribution is -0.160. The lowest BCUT2D eigenvalue weighted by atomic mass is 9.79. The van der Waals surface area contributed by atoms with Gasteiger partial charge in [-0.15, -0.1) is 0 Å². The van der Waals surface area contributed by atoms with Crippen molar-refractivity contribution in [3.05, 3.63) is 23.3 Å². The van der Waals surface area contributed by atoms with Crippen molar-refractivity contribution in [3.8, 4) is 11.5 Å². The largest absolute Gasteiger partial charge is 0.493 e. The molecule has 0 amide bonds. The Kier molecular flexibility index (Phi) is 8.23. The van der Waals surface area contributed by atoms with Gasteiger partial charge < -0.3 is 14.2 Å². The minimum Gasteiger partial charge on any atom is -0.493 e. The number of carbonyl (C=O) groups is 1. The highest BCUT2D eigenvalue weighted by Crippen LogP contribution is 2.44. The molecule has 5 atom stereocenters. The van der Waals surface area contributed by atoms with Crippen molar-refractivity contribution in [1.29, 1.82) is 0 Å². The predicted octanol–water partition coefficient (Wildman–Crippen LogP) is 3.99. The first-order chi connectivity index (χ1) is 14.8. The Bertz CT molecular complexity index is 770. The molecule has 0 bridgehead atoms. The van der Waals surface area contributed by atoms with E-state index in [2.05, 4.69) is 45.4 Å². The van der Waals surface area contributed by atoms with Crippen molar-refractivity contribution >= 4 is 15.4 Å². The molecule has 1 aromatic carbocycles. The van der Waals surface area contributed by atoms with Gasteiger partial charge in [-0.05, 0) is 47.9 Å². The Morgan fingerprint density at radius 1 is 1.19 bits per heavy atom. The van der Waals surface area contributed by atoms with Crippen LogP contribution < -0.4 is 14.6 Å². The average molecular weight is 451 g/mol. The topological polar surface area (TPSA) is 60.0 Å². The van der Waals surface area contributed by atoms with Crippen molar-refractivity contribution in [2.75, 3.05) is 27.3 Å². The number of carbonyl (C=O) groups excluding carboxylic acids is 1. The fourth-order valence-electron chi connectivity index (χ4n) is 5.14. The number of nitrogens with zero attached hydrogens (tertiary/aromatic N) is 1. The predicted molar refractivity (Wildman–Crippen MR) is 126 cm³/mol. The number of hydrogen-bond acceptors (Lipinski definition) is 6. The zero-order valence-corrected chi connectivity index (χ0v) is 21.0. The lowest BCUT2D eigenvalue weighted by Crippen LogP contribution is -2.51. The van der Waals surface area contributed by atoms with Crippen LogP contribution in [0.4, 0.5) is 0 Å². The molecule has 1 saturated heterocycles. The molecule has 0 radical (unpaired) electrons. The fraction of sp³-hybridized carbons (Fsp3) is 0.708. The van der Waals surface area contributed by atoms with E-state index in [9.17, 15) is 4.79 Å². The summed E-state index contributed by atoms with van der Waals surface area (Å²) in [4.78, 5) is 15.5. The van der Waals surface area contributed by atoms with Gasteiger partial charge in [0.1, 0.15) is 12.1 Å². The highest BCUT2D eigenvalue weighted by atomic mass is 31.0. The summed E-state index contributed by atoms with van der Waals surface area (Å²) in [6, 6.07) is 4.14. The summed E-state index contributed by atoms with van der Waals surface area (Å²) in [7, 11) is 5.82. The van der Waals surface area contributed by atoms with Crippen molar-refractivity contribution < 1.29 is 19.0 Å². The van der Waals surface area contributed by atoms with E-state index in [1.54, 1.807) is 14.2 Å². The zero-order chi connectivity index (χ0) is 22.7. The van der Waals surface area contributed by atoms with Gasteiger partial charge in [0.05, 0.1) is 14.2 Å². The van der Waals surface area contributed by atoms with Crippen LogP contribution in [0, 0.1) is 17.8 Å². The highest BCUT2D eigenvalue weighted by Gasteiger charge is 2.42. The average Bonchev–Trinajstić information content (AvgIpc) is 2.72. The summed E-state index contributed by atoms with van der Waals surface area (Å²) >= 11 is 0. The summed E-state index contributed by atoms with van der Waals surface area (Å²) in [5, 5.41) is 3.05. The molecule has 3 rings (SSSR count). The number of esters is 1. The molecule has 1 N–H and O–H groups in total. The van der Waals surface area contributed by atoms with Crippen molar-refractivity contribution in [3.63, 3.8) is 0 Å². The number of hydrogen-bond donors (Lipinski definition) is 1. The Balaban J connectivity index is 1.88. The molecule has 174 valence electrons. The monoisotopic (exact) mass is 450 g/mol. The molecule has 2 aliphatic rings. The molecule has 2 aliphatic heterocycles. The van der Waals surface area contributed by atoms with Gasteiger partial charge in [-0.25, -0.2) is 0 Å².